The van der Waals surface area contributed by atoms with E-state index in [-0.39, 0.29) is 36.0 Å². The number of nitrogens with zero attached hydrogens (tertiary/aromatic N) is 3. The quantitative estimate of drug-likeness (QED) is 0.272. The summed E-state index contributed by atoms with van der Waals surface area (Å²) in [6.45, 7) is 9.75. The van der Waals surface area contributed by atoms with Crippen LogP contribution in [0.5, 0.6) is 5.75 Å². The van der Waals surface area contributed by atoms with Gasteiger partial charge < -0.3 is 24.6 Å². The topological polar surface area (TPSA) is 66.4 Å². The predicted octanol–water partition coefficient (Wildman–Crippen LogP) is 2.28. The molecule has 8 heteroatoms. The van der Waals surface area contributed by atoms with Crippen LogP contribution in [0.4, 0.5) is 0 Å². The van der Waals surface area contributed by atoms with Crippen molar-refractivity contribution >= 4 is 35.8 Å². The van der Waals surface area contributed by atoms with Gasteiger partial charge in [0.15, 0.2) is 5.96 Å². The van der Waals surface area contributed by atoms with Crippen LogP contribution in [0, 0.1) is 6.92 Å². The minimum absolute atomic E-state index is 0. The molecule has 1 amide bonds. The van der Waals surface area contributed by atoms with Crippen LogP contribution in [0.15, 0.2) is 29.3 Å². The summed E-state index contributed by atoms with van der Waals surface area (Å²) in [6.07, 6.45) is 1.61. The molecule has 29 heavy (non-hydrogen) atoms. The third-order valence-corrected chi connectivity index (χ3v) is 5.07. The molecule has 1 unspecified atom stereocenters. The molecule has 3 rings (SSSR count). The zero-order valence-corrected chi connectivity index (χ0v) is 19.8. The normalized spacial score (nSPS) is 19.7. The molecule has 0 aromatic heterocycles. The number of amides is 1. The minimum Gasteiger partial charge on any atom is -0.492 e. The molecule has 2 aliphatic rings. The first-order valence-corrected chi connectivity index (χ1v) is 10.3. The van der Waals surface area contributed by atoms with Gasteiger partial charge in [-0.05, 0) is 38.8 Å². The van der Waals surface area contributed by atoms with E-state index in [0.29, 0.717) is 32.8 Å². The van der Waals surface area contributed by atoms with Crippen molar-refractivity contribution in [2.24, 2.45) is 4.99 Å². The second-order valence-corrected chi connectivity index (χ2v) is 7.21. The van der Waals surface area contributed by atoms with Gasteiger partial charge in [0.1, 0.15) is 18.5 Å². The van der Waals surface area contributed by atoms with Gasteiger partial charge in [-0.25, -0.2) is 4.99 Å². The number of aliphatic imine (C=N–C) groups is 1. The molecule has 1 N–H and O–H groups in total. The minimum atomic E-state index is -0.229. The summed E-state index contributed by atoms with van der Waals surface area (Å²) in [5.74, 6) is 1.90. The van der Waals surface area contributed by atoms with Crippen molar-refractivity contribution in [3.63, 3.8) is 0 Å². The van der Waals surface area contributed by atoms with Crippen molar-refractivity contribution in [3.8, 4) is 5.75 Å². The number of carbonyl (C=O) groups is 1. The molecule has 2 fully saturated rings. The van der Waals surface area contributed by atoms with Gasteiger partial charge in [-0.3, -0.25) is 4.79 Å². The monoisotopic (exact) mass is 516 g/mol. The fourth-order valence-corrected chi connectivity index (χ4v) is 3.49. The molecule has 7 nitrogen and oxygen atoms in total. The van der Waals surface area contributed by atoms with Gasteiger partial charge in [-0.1, -0.05) is 17.7 Å². The van der Waals surface area contributed by atoms with Crippen LogP contribution in [0.1, 0.15) is 25.3 Å². The van der Waals surface area contributed by atoms with Crippen LogP contribution in [0.3, 0.4) is 0 Å². The van der Waals surface area contributed by atoms with E-state index >= 15 is 0 Å². The lowest BCUT2D eigenvalue weighted by molar-refractivity contribution is -0.142. The Hall–Kier alpha value is -1.55. The number of ether oxygens (including phenoxy) is 2. The van der Waals surface area contributed by atoms with Gasteiger partial charge >= 0.3 is 0 Å². The van der Waals surface area contributed by atoms with Crippen LogP contribution in [-0.4, -0.2) is 80.3 Å². The number of guanidine groups is 1. The number of nitrogens with one attached hydrogen (secondary N) is 1. The van der Waals surface area contributed by atoms with E-state index in [1.165, 1.54) is 5.56 Å². The summed E-state index contributed by atoms with van der Waals surface area (Å²) >= 11 is 0. The average Bonchev–Trinajstić information content (AvgIpc) is 3.26. The highest BCUT2D eigenvalue weighted by atomic mass is 127. The Morgan fingerprint density at radius 3 is 2.52 bits per heavy atom. The molecule has 2 saturated heterocycles. The maximum absolute atomic E-state index is 12.5. The molecule has 2 aliphatic heterocycles. The highest BCUT2D eigenvalue weighted by Crippen LogP contribution is 2.16. The Kier molecular flexibility index (Phi) is 9.99. The van der Waals surface area contributed by atoms with Crippen LogP contribution in [0.2, 0.25) is 0 Å². The first kappa shape index (κ1) is 23.7. The number of halogens is 1. The van der Waals surface area contributed by atoms with Gasteiger partial charge in [0, 0.05) is 39.3 Å². The standard InChI is InChI=1S/C21H32N4O3.HI/c1-3-22-21(23-10-16-27-18-8-6-17(2)7-9-18)25-13-11-24(12-14-25)20(26)19-5-4-15-28-19;/h6-9,19H,3-5,10-16H2,1-2H3,(H,22,23);1H. The van der Waals surface area contributed by atoms with E-state index in [4.69, 9.17) is 14.5 Å². The summed E-state index contributed by atoms with van der Waals surface area (Å²) in [7, 11) is 0. The third kappa shape index (κ3) is 7.02. The molecule has 1 aromatic rings. The first-order valence-electron chi connectivity index (χ1n) is 10.3. The molecule has 1 atom stereocenters. The van der Waals surface area contributed by atoms with E-state index in [0.717, 1.165) is 44.2 Å². The fourth-order valence-electron chi connectivity index (χ4n) is 3.49. The summed E-state index contributed by atoms with van der Waals surface area (Å²) in [6, 6.07) is 8.04. The summed E-state index contributed by atoms with van der Waals surface area (Å²) in [5, 5.41) is 3.35. The fraction of sp³-hybridized carbons (Fsp3) is 0.619. The lowest BCUT2D eigenvalue weighted by Gasteiger charge is -2.37. The molecule has 2 heterocycles. The van der Waals surface area contributed by atoms with Gasteiger partial charge in [0.05, 0.1) is 6.54 Å². The summed E-state index contributed by atoms with van der Waals surface area (Å²) in [5.41, 5.74) is 1.22. The van der Waals surface area contributed by atoms with E-state index < -0.39 is 0 Å². The molecular weight excluding hydrogens is 483 g/mol. The van der Waals surface area contributed by atoms with E-state index in [1.807, 2.05) is 29.2 Å². The van der Waals surface area contributed by atoms with Crippen LogP contribution in [0.25, 0.3) is 0 Å². The third-order valence-electron chi connectivity index (χ3n) is 5.07. The lowest BCUT2D eigenvalue weighted by Crippen LogP contribution is -2.55. The number of hydrogen-bond donors (Lipinski definition) is 1. The number of hydrogen-bond acceptors (Lipinski definition) is 4. The number of aryl methyl sites for hydroxylation is 1. The van der Waals surface area contributed by atoms with Crippen molar-refractivity contribution < 1.29 is 14.3 Å². The van der Waals surface area contributed by atoms with E-state index in [9.17, 15) is 4.79 Å². The van der Waals surface area contributed by atoms with Crippen molar-refractivity contribution in [1.82, 2.24) is 15.1 Å². The predicted molar refractivity (Wildman–Crippen MR) is 125 cm³/mol. The molecule has 0 bridgehead atoms. The lowest BCUT2D eigenvalue weighted by atomic mass is 10.2. The SMILES string of the molecule is CCNC(=NCCOc1ccc(C)cc1)N1CCN(C(=O)C2CCCO2)CC1.I. The molecule has 162 valence electrons. The Bertz CT molecular complexity index is 654. The van der Waals surface area contributed by atoms with Crippen molar-refractivity contribution in [2.45, 2.75) is 32.8 Å². The van der Waals surface area contributed by atoms with Gasteiger partial charge in [0.2, 0.25) is 0 Å². The molecule has 1 aromatic carbocycles. The Morgan fingerprint density at radius 1 is 1.21 bits per heavy atom. The van der Waals surface area contributed by atoms with Gasteiger partial charge in [-0.2, -0.15) is 0 Å². The average molecular weight is 516 g/mol. The van der Waals surface area contributed by atoms with Crippen LogP contribution >= 0.6 is 24.0 Å². The second kappa shape index (κ2) is 12.2. The Labute approximate surface area is 190 Å². The van der Waals surface area contributed by atoms with E-state index in [2.05, 4.69) is 24.1 Å². The van der Waals surface area contributed by atoms with Crippen molar-refractivity contribution in [2.75, 3.05) is 52.5 Å². The number of rotatable bonds is 6. The molecular formula is C21H33IN4O3. The largest absolute Gasteiger partial charge is 0.492 e. The maximum atomic E-state index is 12.5. The summed E-state index contributed by atoms with van der Waals surface area (Å²) in [4.78, 5) is 21.3. The molecule has 0 radical (unpaired) electrons. The molecule has 0 spiro atoms. The van der Waals surface area contributed by atoms with Crippen LogP contribution < -0.4 is 10.1 Å². The van der Waals surface area contributed by atoms with Gasteiger partial charge in [0.25, 0.3) is 5.91 Å². The first-order chi connectivity index (χ1) is 13.7. The molecule has 0 saturated carbocycles. The highest BCUT2D eigenvalue weighted by Gasteiger charge is 2.30. The highest BCUT2D eigenvalue weighted by molar-refractivity contribution is 14.0. The smallest absolute Gasteiger partial charge is 0.251 e. The van der Waals surface area contributed by atoms with E-state index in [1.54, 1.807) is 0 Å². The Balaban J connectivity index is 0.00000300. The van der Waals surface area contributed by atoms with Crippen molar-refractivity contribution in [1.29, 1.82) is 0 Å². The Morgan fingerprint density at radius 2 is 1.90 bits per heavy atom. The molecule has 0 aliphatic carbocycles. The maximum Gasteiger partial charge on any atom is 0.251 e. The second-order valence-electron chi connectivity index (χ2n) is 7.21. The van der Waals surface area contributed by atoms with Crippen molar-refractivity contribution in [3.05, 3.63) is 29.8 Å². The zero-order valence-electron chi connectivity index (χ0n) is 17.4. The number of piperazine rings is 1. The zero-order chi connectivity index (χ0) is 19.8. The van der Waals surface area contributed by atoms with Gasteiger partial charge in [-0.15, -0.1) is 24.0 Å². The number of carbonyl (C=O) groups excluding carboxylic acids is 1. The summed E-state index contributed by atoms with van der Waals surface area (Å²) < 4.78 is 11.3. The number of benzene rings is 1. The van der Waals surface area contributed by atoms with Crippen LogP contribution in [-0.2, 0) is 9.53 Å².